The summed E-state index contributed by atoms with van der Waals surface area (Å²) >= 11 is 0. The first-order chi connectivity index (χ1) is 34.2. The van der Waals surface area contributed by atoms with Crippen LogP contribution in [0.4, 0.5) is 17.1 Å². The van der Waals surface area contributed by atoms with Gasteiger partial charge in [0, 0.05) is 49.6 Å². The molecule has 11 aromatic carbocycles. The average molecular weight is 881 g/mol. The van der Waals surface area contributed by atoms with Crippen LogP contribution in [0.25, 0.3) is 105 Å². The second-order valence-electron chi connectivity index (χ2n) is 17.6. The maximum absolute atomic E-state index is 6.49. The Balaban J connectivity index is 0.921. The number of anilines is 3. The Hall–Kier alpha value is -9.18. The first-order valence-corrected chi connectivity index (χ1v) is 23.6. The zero-order chi connectivity index (χ0) is 45.7. The summed E-state index contributed by atoms with van der Waals surface area (Å²) in [7, 11) is 0. The van der Waals surface area contributed by atoms with Crippen molar-refractivity contribution in [1.82, 2.24) is 4.57 Å². The summed E-state index contributed by atoms with van der Waals surface area (Å²) in [6, 6.07) is 96.1. The van der Waals surface area contributed by atoms with E-state index in [1.54, 1.807) is 0 Å². The molecule has 0 aliphatic carbocycles. The van der Waals surface area contributed by atoms with Crippen molar-refractivity contribution in [2.24, 2.45) is 0 Å². The molecule has 0 amide bonds. The van der Waals surface area contributed by atoms with E-state index in [0.29, 0.717) is 0 Å². The standard InChI is InChI=1S/C66H44N2O/c1-2-16-45(17-3-1)46-32-34-47(35-33-46)48-36-40-52(41-37-48)67(53-42-38-49(39-43-53)56-25-15-26-60-59-24-8-13-31-65(59)69-66(56)60)61-27-9-4-20-54(61)50-18-14-19-51(44-50)55-21-5-10-28-62(55)68-63-29-11-6-22-57(63)58-23-7-12-30-64(58)68/h1-44H. The Labute approximate surface area is 401 Å². The topological polar surface area (TPSA) is 21.3 Å². The molecule has 0 saturated carbocycles. The largest absolute Gasteiger partial charge is 0.455 e. The van der Waals surface area contributed by atoms with Crippen LogP contribution in [-0.2, 0) is 0 Å². The SMILES string of the molecule is c1ccc(-c2ccc(-c3ccc(N(c4ccc(-c5cccc6c5oc5ccccc56)cc4)c4ccccc4-c4cccc(-c5ccccc5-n5c6ccccc6c6ccccc65)c4)cc3)cc2)cc1. The number of nitrogens with zero attached hydrogens (tertiary/aromatic N) is 2. The lowest BCUT2D eigenvalue weighted by Gasteiger charge is -2.28. The Morgan fingerprint density at radius 2 is 0.739 bits per heavy atom. The predicted octanol–water partition coefficient (Wildman–Crippen LogP) is 18.5. The van der Waals surface area contributed by atoms with Crippen molar-refractivity contribution in [1.29, 1.82) is 0 Å². The van der Waals surface area contributed by atoms with Gasteiger partial charge >= 0.3 is 0 Å². The van der Waals surface area contributed by atoms with Crippen LogP contribution in [0.15, 0.2) is 271 Å². The van der Waals surface area contributed by atoms with Crippen molar-refractivity contribution >= 4 is 60.8 Å². The van der Waals surface area contributed by atoms with Gasteiger partial charge in [-0.05, 0) is 99.6 Å². The predicted molar refractivity (Wildman–Crippen MR) is 290 cm³/mol. The monoisotopic (exact) mass is 880 g/mol. The number of aromatic nitrogens is 1. The van der Waals surface area contributed by atoms with E-state index in [9.17, 15) is 0 Å². The highest BCUT2D eigenvalue weighted by Crippen LogP contribution is 2.44. The maximum atomic E-state index is 6.49. The number of hydrogen-bond acceptors (Lipinski definition) is 2. The molecule has 0 radical (unpaired) electrons. The summed E-state index contributed by atoms with van der Waals surface area (Å²) in [6.45, 7) is 0. The normalized spacial score (nSPS) is 11.5. The molecule has 0 fully saturated rings. The van der Waals surface area contributed by atoms with Crippen LogP contribution in [-0.4, -0.2) is 4.57 Å². The highest BCUT2D eigenvalue weighted by atomic mass is 16.3. The van der Waals surface area contributed by atoms with Crippen LogP contribution in [0.5, 0.6) is 0 Å². The van der Waals surface area contributed by atoms with Crippen molar-refractivity contribution in [3.05, 3.63) is 267 Å². The van der Waals surface area contributed by atoms with Crippen molar-refractivity contribution in [3.63, 3.8) is 0 Å². The molecule has 3 heteroatoms. The Morgan fingerprint density at radius 1 is 0.290 bits per heavy atom. The zero-order valence-corrected chi connectivity index (χ0v) is 37.7. The number of rotatable bonds is 9. The smallest absolute Gasteiger partial charge is 0.143 e. The Kier molecular flexibility index (Phi) is 9.84. The fraction of sp³-hybridized carbons (Fsp3) is 0. The molecule has 0 aliphatic rings. The molecule has 2 heterocycles. The van der Waals surface area contributed by atoms with Crippen LogP contribution in [0.1, 0.15) is 0 Å². The lowest BCUT2D eigenvalue weighted by Crippen LogP contribution is -2.11. The minimum atomic E-state index is 0.897. The van der Waals surface area contributed by atoms with E-state index in [0.717, 1.165) is 78.1 Å². The lowest BCUT2D eigenvalue weighted by atomic mass is 9.96. The van der Waals surface area contributed by atoms with E-state index < -0.39 is 0 Å². The molecule has 0 atom stereocenters. The first kappa shape index (κ1) is 40.1. The molecule has 0 saturated heterocycles. The maximum Gasteiger partial charge on any atom is 0.143 e. The number of benzene rings is 11. The van der Waals surface area contributed by atoms with Gasteiger partial charge in [0.1, 0.15) is 11.2 Å². The van der Waals surface area contributed by atoms with Crippen molar-refractivity contribution in [2.75, 3.05) is 4.90 Å². The van der Waals surface area contributed by atoms with E-state index in [1.807, 2.05) is 12.1 Å². The van der Waals surface area contributed by atoms with E-state index in [-0.39, 0.29) is 0 Å². The summed E-state index contributed by atoms with van der Waals surface area (Å²) in [5, 5.41) is 4.75. The fourth-order valence-electron chi connectivity index (χ4n) is 10.3. The molecule has 2 aromatic heterocycles. The van der Waals surface area contributed by atoms with E-state index >= 15 is 0 Å². The van der Waals surface area contributed by atoms with Gasteiger partial charge in [-0.1, -0.05) is 206 Å². The van der Waals surface area contributed by atoms with Crippen LogP contribution in [0.3, 0.4) is 0 Å². The second-order valence-corrected chi connectivity index (χ2v) is 17.6. The van der Waals surface area contributed by atoms with Gasteiger partial charge < -0.3 is 13.9 Å². The van der Waals surface area contributed by atoms with Gasteiger partial charge in [-0.3, -0.25) is 0 Å². The van der Waals surface area contributed by atoms with E-state index in [2.05, 4.69) is 264 Å². The molecule has 13 rings (SSSR count). The molecule has 13 aromatic rings. The van der Waals surface area contributed by atoms with Gasteiger partial charge in [0.05, 0.1) is 22.4 Å². The molecule has 324 valence electrons. The van der Waals surface area contributed by atoms with Crippen LogP contribution >= 0.6 is 0 Å². The lowest BCUT2D eigenvalue weighted by molar-refractivity contribution is 0.670. The summed E-state index contributed by atoms with van der Waals surface area (Å²) in [5.41, 5.74) is 20.0. The van der Waals surface area contributed by atoms with Crippen molar-refractivity contribution < 1.29 is 4.42 Å². The molecule has 0 bridgehead atoms. The molecule has 3 nitrogen and oxygen atoms in total. The number of para-hydroxylation sites is 6. The van der Waals surface area contributed by atoms with Crippen molar-refractivity contribution in [3.8, 4) is 61.3 Å². The molecular weight excluding hydrogens is 837 g/mol. The summed E-state index contributed by atoms with van der Waals surface area (Å²) in [4.78, 5) is 2.39. The summed E-state index contributed by atoms with van der Waals surface area (Å²) in [5.74, 6) is 0. The fourth-order valence-corrected chi connectivity index (χ4v) is 10.3. The Morgan fingerprint density at radius 3 is 1.42 bits per heavy atom. The summed E-state index contributed by atoms with van der Waals surface area (Å²) in [6.07, 6.45) is 0. The highest BCUT2D eigenvalue weighted by Gasteiger charge is 2.20. The van der Waals surface area contributed by atoms with Crippen molar-refractivity contribution in [2.45, 2.75) is 0 Å². The Bertz CT molecular complexity index is 3940. The third-order valence-corrected chi connectivity index (χ3v) is 13.6. The number of fused-ring (bicyclic) bond motifs is 6. The minimum absolute atomic E-state index is 0.897. The quantitative estimate of drug-likeness (QED) is 0.144. The van der Waals surface area contributed by atoms with Gasteiger partial charge in [0.2, 0.25) is 0 Å². The molecule has 69 heavy (non-hydrogen) atoms. The van der Waals surface area contributed by atoms with Gasteiger partial charge in [0.15, 0.2) is 0 Å². The molecular formula is C66H44N2O. The number of furan rings is 1. The van der Waals surface area contributed by atoms with Gasteiger partial charge in [-0.2, -0.15) is 0 Å². The summed E-state index contributed by atoms with van der Waals surface area (Å²) < 4.78 is 8.91. The number of hydrogen-bond donors (Lipinski definition) is 0. The van der Waals surface area contributed by atoms with Gasteiger partial charge in [-0.15, -0.1) is 0 Å². The molecule has 0 aliphatic heterocycles. The van der Waals surface area contributed by atoms with Crippen LogP contribution in [0, 0.1) is 0 Å². The van der Waals surface area contributed by atoms with Gasteiger partial charge in [0.25, 0.3) is 0 Å². The van der Waals surface area contributed by atoms with Crippen LogP contribution in [0.2, 0.25) is 0 Å². The molecule has 0 unspecified atom stereocenters. The van der Waals surface area contributed by atoms with E-state index in [1.165, 1.54) is 44.1 Å². The third-order valence-electron chi connectivity index (χ3n) is 13.6. The second kappa shape index (κ2) is 16.9. The molecule has 0 N–H and O–H groups in total. The first-order valence-electron chi connectivity index (χ1n) is 23.6. The van der Waals surface area contributed by atoms with Crippen LogP contribution < -0.4 is 4.90 Å². The molecule has 0 spiro atoms. The average Bonchev–Trinajstić information content (AvgIpc) is 3.98. The van der Waals surface area contributed by atoms with E-state index in [4.69, 9.17) is 4.42 Å². The zero-order valence-electron chi connectivity index (χ0n) is 37.7. The van der Waals surface area contributed by atoms with Gasteiger partial charge in [-0.25, -0.2) is 0 Å². The minimum Gasteiger partial charge on any atom is -0.455 e. The highest BCUT2D eigenvalue weighted by molar-refractivity contribution is 6.11. The third kappa shape index (κ3) is 7.08.